The van der Waals surface area contributed by atoms with Crippen molar-refractivity contribution in [2.75, 3.05) is 19.7 Å². The third kappa shape index (κ3) is 3.34. The van der Waals surface area contributed by atoms with Crippen LogP contribution in [0.25, 0.3) is 0 Å². The summed E-state index contributed by atoms with van der Waals surface area (Å²) in [7, 11) is 0. The SMILES string of the molecule is CCCN(CCO)C(=O)C(C)(N)C(F)(F)F. The monoisotopic (exact) mass is 242 g/mol. The Kier molecular flexibility index (Phi) is 5.21. The molecule has 0 aliphatic rings. The predicted octanol–water partition coefficient (Wildman–Crippen LogP) is 0.497. The molecule has 0 saturated carbocycles. The molecule has 0 spiro atoms. The van der Waals surface area contributed by atoms with Gasteiger partial charge >= 0.3 is 6.18 Å². The number of aliphatic hydroxyl groups excluding tert-OH is 1. The van der Waals surface area contributed by atoms with E-state index in [1.54, 1.807) is 6.92 Å². The van der Waals surface area contributed by atoms with Crippen molar-refractivity contribution in [2.24, 2.45) is 5.73 Å². The molecule has 0 aliphatic carbocycles. The van der Waals surface area contributed by atoms with Crippen LogP contribution in [0, 0.1) is 0 Å². The zero-order valence-electron chi connectivity index (χ0n) is 9.34. The van der Waals surface area contributed by atoms with Crippen LogP contribution in [0.4, 0.5) is 13.2 Å². The van der Waals surface area contributed by atoms with Gasteiger partial charge in [0, 0.05) is 13.1 Å². The minimum Gasteiger partial charge on any atom is -0.395 e. The average molecular weight is 242 g/mol. The first-order valence-electron chi connectivity index (χ1n) is 4.94. The zero-order valence-corrected chi connectivity index (χ0v) is 9.34. The van der Waals surface area contributed by atoms with Crippen molar-refractivity contribution in [2.45, 2.75) is 32.0 Å². The maximum Gasteiger partial charge on any atom is 0.415 e. The number of nitrogens with zero attached hydrogens (tertiary/aromatic N) is 1. The molecule has 0 bridgehead atoms. The molecule has 0 rings (SSSR count). The van der Waals surface area contributed by atoms with Gasteiger partial charge in [-0.15, -0.1) is 0 Å². The fourth-order valence-corrected chi connectivity index (χ4v) is 1.16. The van der Waals surface area contributed by atoms with E-state index in [2.05, 4.69) is 0 Å². The Morgan fingerprint density at radius 1 is 1.38 bits per heavy atom. The number of rotatable bonds is 5. The van der Waals surface area contributed by atoms with E-state index >= 15 is 0 Å². The van der Waals surface area contributed by atoms with Crippen LogP contribution in [0.15, 0.2) is 0 Å². The molecule has 0 aliphatic heterocycles. The van der Waals surface area contributed by atoms with Crippen molar-refractivity contribution in [1.29, 1.82) is 0 Å². The second-order valence-electron chi connectivity index (χ2n) is 3.72. The lowest BCUT2D eigenvalue weighted by Crippen LogP contribution is -2.62. The molecule has 0 radical (unpaired) electrons. The molecule has 1 atom stereocenters. The molecule has 96 valence electrons. The molecular weight excluding hydrogens is 225 g/mol. The quantitative estimate of drug-likeness (QED) is 0.737. The molecule has 7 heteroatoms. The Morgan fingerprint density at radius 2 is 1.88 bits per heavy atom. The Balaban J connectivity index is 4.85. The van der Waals surface area contributed by atoms with Crippen LogP contribution in [0.2, 0.25) is 0 Å². The van der Waals surface area contributed by atoms with Gasteiger partial charge in [-0.3, -0.25) is 4.79 Å². The van der Waals surface area contributed by atoms with E-state index in [0.717, 1.165) is 4.90 Å². The van der Waals surface area contributed by atoms with Crippen LogP contribution in [-0.2, 0) is 4.79 Å². The Morgan fingerprint density at radius 3 is 2.19 bits per heavy atom. The summed E-state index contributed by atoms with van der Waals surface area (Å²) >= 11 is 0. The van der Waals surface area contributed by atoms with E-state index in [4.69, 9.17) is 10.8 Å². The number of alkyl halides is 3. The summed E-state index contributed by atoms with van der Waals surface area (Å²) in [4.78, 5) is 12.5. The molecule has 0 heterocycles. The van der Waals surface area contributed by atoms with Crippen LogP contribution >= 0.6 is 0 Å². The molecule has 0 aromatic rings. The van der Waals surface area contributed by atoms with Gasteiger partial charge in [0.25, 0.3) is 5.91 Å². The molecule has 0 aromatic heterocycles. The van der Waals surface area contributed by atoms with Gasteiger partial charge in [0.1, 0.15) is 0 Å². The van der Waals surface area contributed by atoms with Crippen molar-refractivity contribution in [1.82, 2.24) is 4.90 Å². The van der Waals surface area contributed by atoms with Crippen molar-refractivity contribution < 1.29 is 23.1 Å². The Hall–Kier alpha value is -0.820. The molecule has 4 nitrogen and oxygen atoms in total. The Labute approximate surface area is 92.2 Å². The molecule has 0 saturated heterocycles. The van der Waals surface area contributed by atoms with Gasteiger partial charge in [-0.1, -0.05) is 6.92 Å². The highest BCUT2D eigenvalue weighted by Gasteiger charge is 2.55. The van der Waals surface area contributed by atoms with E-state index in [0.29, 0.717) is 13.3 Å². The fourth-order valence-electron chi connectivity index (χ4n) is 1.16. The van der Waals surface area contributed by atoms with Crippen LogP contribution in [-0.4, -0.2) is 47.3 Å². The largest absolute Gasteiger partial charge is 0.415 e. The van der Waals surface area contributed by atoms with Gasteiger partial charge < -0.3 is 15.7 Å². The summed E-state index contributed by atoms with van der Waals surface area (Å²) in [6.45, 7) is 1.96. The van der Waals surface area contributed by atoms with Gasteiger partial charge in [-0.05, 0) is 13.3 Å². The van der Waals surface area contributed by atoms with Gasteiger partial charge in [0.2, 0.25) is 0 Å². The fraction of sp³-hybridized carbons (Fsp3) is 0.889. The highest BCUT2D eigenvalue weighted by Crippen LogP contribution is 2.29. The zero-order chi connectivity index (χ0) is 13.0. The molecule has 16 heavy (non-hydrogen) atoms. The van der Waals surface area contributed by atoms with E-state index in [9.17, 15) is 18.0 Å². The van der Waals surface area contributed by atoms with Crippen molar-refractivity contribution >= 4 is 5.91 Å². The number of hydrogen-bond acceptors (Lipinski definition) is 3. The molecule has 0 aromatic carbocycles. The third-order valence-electron chi connectivity index (χ3n) is 2.18. The van der Waals surface area contributed by atoms with E-state index in [1.807, 2.05) is 0 Å². The molecular formula is C9H17F3N2O2. The lowest BCUT2D eigenvalue weighted by molar-refractivity contribution is -0.194. The van der Waals surface area contributed by atoms with Crippen molar-refractivity contribution in [3.8, 4) is 0 Å². The second-order valence-corrected chi connectivity index (χ2v) is 3.72. The summed E-state index contributed by atoms with van der Waals surface area (Å²) in [6, 6.07) is 0. The number of halogens is 3. The van der Waals surface area contributed by atoms with Gasteiger partial charge in [-0.2, -0.15) is 13.2 Å². The van der Waals surface area contributed by atoms with Crippen LogP contribution in [0.5, 0.6) is 0 Å². The minimum absolute atomic E-state index is 0.141. The standard InChI is InChI=1S/C9H17F3N2O2/c1-3-4-14(5-6-15)7(16)8(2,13)9(10,11)12/h15H,3-6,13H2,1-2H3. The molecule has 3 N–H and O–H groups in total. The van der Waals surface area contributed by atoms with E-state index in [1.165, 1.54) is 0 Å². The first-order chi connectivity index (χ1) is 7.18. The van der Waals surface area contributed by atoms with E-state index in [-0.39, 0.29) is 19.7 Å². The number of hydrogen-bond donors (Lipinski definition) is 2. The smallest absolute Gasteiger partial charge is 0.395 e. The second kappa shape index (κ2) is 5.49. The first kappa shape index (κ1) is 15.2. The molecule has 1 amide bonds. The summed E-state index contributed by atoms with van der Waals surface area (Å²) in [5.74, 6) is -1.21. The highest BCUT2D eigenvalue weighted by molar-refractivity contribution is 5.86. The van der Waals surface area contributed by atoms with Gasteiger partial charge in [0.05, 0.1) is 6.61 Å². The van der Waals surface area contributed by atoms with Crippen molar-refractivity contribution in [3.63, 3.8) is 0 Å². The Bertz CT molecular complexity index is 235. The number of amides is 1. The minimum atomic E-state index is -4.80. The van der Waals surface area contributed by atoms with Crippen LogP contribution in [0.1, 0.15) is 20.3 Å². The first-order valence-corrected chi connectivity index (χ1v) is 4.94. The summed E-state index contributed by atoms with van der Waals surface area (Å²) in [5, 5.41) is 8.66. The molecule has 1 unspecified atom stereocenters. The highest BCUT2D eigenvalue weighted by atomic mass is 19.4. The predicted molar refractivity (Wildman–Crippen MR) is 52.6 cm³/mol. The normalized spacial score (nSPS) is 15.7. The number of nitrogens with two attached hydrogens (primary N) is 1. The van der Waals surface area contributed by atoms with Crippen LogP contribution < -0.4 is 5.73 Å². The van der Waals surface area contributed by atoms with Crippen LogP contribution in [0.3, 0.4) is 0 Å². The maximum absolute atomic E-state index is 12.5. The van der Waals surface area contributed by atoms with Crippen molar-refractivity contribution in [3.05, 3.63) is 0 Å². The lowest BCUT2D eigenvalue weighted by Gasteiger charge is -2.32. The molecule has 0 fully saturated rings. The van der Waals surface area contributed by atoms with Gasteiger partial charge in [0.15, 0.2) is 5.54 Å². The van der Waals surface area contributed by atoms with E-state index < -0.39 is 17.6 Å². The maximum atomic E-state index is 12.5. The summed E-state index contributed by atoms with van der Waals surface area (Å²) in [6.07, 6.45) is -4.30. The number of carbonyl (C=O) groups excluding carboxylic acids is 1. The summed E-state index contributed by atoms with van der Waals surface area (Å²) < 4.78 is 37.5. The lowest BCUT2D eigenvalue weighted by atomic mass is 10.0. The number of carbonyl (C=O) groups is 1. The average Bonchev–Trinajstić information content (AvgIpc) is 2.14. The third-order valence-corrected chi connectivity index (χ3v) is 2.18. The number of aliphatic hydroxyl groups is 1. The summed E-state index contributed by atoms with van der Waals surface area (Å²) in [5.41, 5.74) is 2.10. The van der Waals surface area contributed by atoms with Gasteiger partial charge in [-0.25, -0.2) is 0 Å². The topological polar surface area (TPSA) is 66.6 Å².